The van der Waals surface area contributed by atoms with Gasteiger partial charge in [-0.3, -0.25) is 0 Å². The minimum Gasteiger partial charge on any atom is -0.508 e. The summed E-state index contributed by atoms with van der Waals surface area (Å²) in [5.74, 6) is 1.01. The van der Waals surface area contributed by atoms with Crippen LogP contribution in [0.5, 0.6) is 5.75 Å². The molecule has 3 rings (SSSR count). The van der Waals surface area contributed by atoms with Crippen LogP contribution < -0.4 is 0 Å². The fourth-order valence-electron chi connectivity index (χ4n) is 4.41. The van der Waals surface area contributed by atoms with Gasteiger partial charge in [0.1, 0.15) is 5.75 Å². The Kier molecular flexibility index (Phi) is 2.61. The van der Waals surface area contributed by atoms with Gasteiger partial charge in [-0.15, -0.1) is 0 Å². The third-order valence-corrected chi connectivity index (χ3v) is 5.50. The first-order chi connectivity index (χ1) is 8.84. The first-order valence-corrected chi connectivity index (χ1v) is 7.37. The highest BCUT2D eigenvalue weighted by molar-refractivity contribution is 5.63. The SMILES string of the molecule is Cc1cc2c(cc1O)C1(C)CCCC(C)(C)C1C=C2. The molecule has 0 amide bonds. The number of phenolic OH excluding ortho intramolecular Hbond substituents is 1. The van der Waals surface area contributed by atoms with Gasteiger partial charge in [0.15, 0.2) is 0 Å². The maximum atomic E-state index is 10.1. The summed E-state index contributed by atoms with van der Waals surface area (Å²) in [7, 11) is 0. The summed E-state index contributed by atoms with van der Waals surface area (Å²) in [6.45, 7) is 9.13. The maximum absolute atomic E-state index is 10.1. The smallest absolute Gasteiger partial charge is 0.118 e. The Bertz CT molecular complexity index is 553. The molecule has 1 aromatic carbocycles. The standard InChI is InChI=1S/C18H24O/c1-12-10-13-6-7-16-17(2,3)8-5-9-18(16,4)14(13)11-15(12)19/h6-7,10-11,16,19H,5,8-9H2,1-4H3. The van der Waals surface area contributed by atoms with Crippen LogP contribution in [0, 0.1) is 18.3 Å². The lowest BCUT2D eigenvalue weighted by Crippen LogP contribution is -2.45. The van der Waals surface area contributed by atoms with Crippen LogP contribution in [0.3, 0.4) is 0 Å². The Morgan fingerprint density at radius 2 is 1.89 bits per heavy atom. The first kappa shape index (κ1) is 12.8. The first-order valence-electron chi connectivity index (χ1n) is 7.37. The topological polar surface area (TPSA) is 20.2 Å². The summed E-state index contributed by atoms with van der Waals surface area (Å²) in [5, 5.41) is 10.1. The van der Waals surface area contributed by atoms with Crippen molar-refractivity contribution in [3.05, 3.63) is 34.9 Å². The minimum atomic E-state index is 0.178. The van der Waals surface area contributed by atoms with Crippen LogP contribution in [0.1, 0.15) is 56.7 Å². The number of phenols is 1. The molecule has 2 aliphatic carbocycles. The fourth-order valence-corrected chi connectivity index (χ4v) is 4.41. The number of hydrogen-bond donors (Lipinski definition) is 1. The van der Waals surface area contributed by atoms with Crippen LogP contribution in [0.4, 0.5) is 0 Å². The van der Waals surface area contributed by atoms with Crippen molar-refractivity contribution in [1.82, 2.24) is 0 Å². The third kappa shape index (κ3) is 1.74. The molecule has 2 unspecified atom stereocenters. The van der Waals surface area contributed by atoms with E-state index in [1.165, 1.54) is 30.4 Å². The number of benzene rings is 1. The lowest BCUT2D eigenvalue weighted by atomic mass is 9.52. The quantitative estimate of drug-likeness (QED) is 0.706. The molecule has 0 radical (unpaired) electrons. The summed E-state index contributed by atoms with van der Waals surface area (Å²) in [5.41, 5.74) is 4.14. The van der Waals surface area contributed by atoms with E-state index in [2.05, 4.69) is 39.0 Å². The van der Waals surface area contributed by atoms with Gasteiger partial charge in [0, 0.05) is 0 Å². The molecular formula is C18H24O. The Morgan fingerprint density at radius 1 is 1.16 bits per heavy atom. The van der Waals surface area contributed by atoms with Crippen LogP contribution in [-0.4, -0.2) is 5.11 Å². The van der Waals surface area contributed by atoms with Crippen LogP contribution >= 0.6 is 0 Å². The largest absolute Gasteiger partial charge is 0.508 e. The Hall–Kier alpha value is -1.24. The average Bonchev–Trinajstić information content (AvgIpc) is 2.30. The highest BCUT2D eigenvalue weighted by atomic mass is 16.3. The molecule has 0 spiro atoms. The minimum absolute atomic E-state index is 0.178. The second-order valence-electron chi connectivity index (χ2n) is 7.32. The molecule has 0 aromatic heterocycles. The summed E-state index contributed by atoms with van der Waals surface area (Å²) in [6.07, 6.45) is 8.48. The average molecular weight is 256 g/mol. The van der Waals surface area contributed by atoms with E-state index in [1.54, 1.807) is 0 Å². The summed E-state index contributed by atoms with van der Waals surface area (Å²) in [6, 6.07) is 4.15. The van der Waals surface area contributed by atoms with E-state index in [9.17, 15) is 5.11 Å². The van der Waals surface area contributed by atoms with E-state index in [-0.39, 0.29) is 5.41 Å². The summed E-state index contributed by atoms with van der Waals surface area (Å²) < 4.78 is 0. The van der Waals surface area contributed by atoms with E-state index in [0.717, 1.165) is 5.56 Å². The van der Waals surface area contributed by atoms with Gasteiger partial charge in [-0.25, -0.2) is 0 Å². The van der Waals surface area contributed by atoms with Crippen molar-refractivity contribution in [2.75, 3.05) is 0 Å². The second kappa shape index (κ2) is 3.88. The molecule has 1 aromatic rings. The lowest BCUT2D eigenvalue weighted by molar-refractivity contribution is 0.0908. The van der Waals surface area contributed by atoms with Crippen LogP contribution in [0.2, 0.25) is 0 Å². The molecule has 0 bridgehead atoms. The van der Waals surface area contributed by atoms with E-state index < -0.39 is 0 Å². The van der Waals surface area contributed by atoms with Crippen molar-refractivity contribution >= 4 is 6.08 Å². The third-order valence-electron chi connectivity index (χ3n) is 5.50. The van der Waals surface area contributed by atoms with Gasteiger partial charge in [-0.1, -0.05) is 39.3 Å². The van der Waals surface area contributed by atoms with Gasteiger partial charge < -0.3 is 5.11 Å². The number of aryl methyl sites for hydroxylation is 1. The van der Waals surface area contributed by atoms with E-state index in [1.807, 2.05) is 13.0 Å². The van der Waals surface area contributed by atoms with Crippen LogP contribution in [0.15, 0.2) is 18.2 Å². The van der Waals surface area contributed by atoms with Gasteiger partial charge in [0.2, 0.25) is 0 Å². The number of rotatable bonds is 0. The molecule has 1 fully saturated rings. The number of hydrogen-bond acceptors (Lipinski definition) is 1. The van der Waals surface area contributed by atoms with Crippen molar-refractivity contribution in [2.45, 2.75) is 52.4 Å². The number of fused-ring (bicyclic) bond motifs is 3. The molecule has 0 heterocycles. The Morgan fingerprint density at radius 3 is 2.63 bits per heavy atom. The zero-order valence-corrected chi connectivity index (χ0v) is 12.5. The van der Waals surface area contributed by atoms with Gasteiger partial charge in [-0.05, 0) is 65.3 Å². The Balaban J connectivity index is 2.19. The molecule has 1 saturated carbocycles. The van der Waals surface area contributed by atoms with Crippen molar-refractivity contribution in [3.63, 3.8) is 0 Å². The Labute approximate surface area is 116 Å². The fraction of sp³-hybridized carbons (Fsp3) is 0.556. The summed E-state index contributed by atoms with van der Waals surface area (Å²) in [4.78, 5) is 0. The predicted octanol–water partition coefficient (Wildman–Crippen LogP) is 4.81. The molecule has 1 heteroatoms. The van der Waals surface area contributed by atoms with Gasteiger partial charge in [-0.2, -0.15) is 0 Å². The number of aromatic hydroxyl groups is 1. The lowest BCUT2D eigenvalue weighted by Gasteiger charge is -2.52. The normalized spacial score (nSPS) is 31.7. The molecular weight excluding hydrogens is 232 g/mol. The van der Waals surface area contributed by atoms with Gasteiger partial charge in [0.25, 0.3) is 0 Å². The molecule has 1 nitrogen and oxygen atoms in total. The van der Waals surface area contributed by atoms with E-state index in [0.29, 0.717) is 17.1 Å². The molecule has 19 heavy (non-hydrogen) atoms. The molecule has 1 N–H and O–H groups in total. The zero-order chi connectivity index (χ0) is 13.8. The highest BCUT2D eigenvalue weighted by Crippen LogP contribution is 2.56. The molecule has 0 aliphatic heterocycles. The van der Waals surface area contributed by atoms with Crippen LogP contribution in [0.25, 0.3) is 6.08 Å². The van der Waals surface area contributed by atoms with E-state index >= 15 is 0 Å². The van der Waals surface area contributed by atoms with Gasteiger partial charge in [0.05, 0.1) is 0 Å². The van der Waals surface area contributed by atoms with Gasteiger partial charge >= 0.3 is 0 Å². The monoisotopic (exact) mass is 256 g/mol. The molecule has 2 atom stereocenters. The molecule has 0 saturated heterocycles. The highest BCUT2D eigenvalue weighted by Gasteiger charge is 2.48. The van der Waals surface area contributed by atoms with Crippen molar-refractivity contribution in [3.8, 4) is 5.75 Å². The van der Waals surface area contributed by atoms with Crippen molar-refractivity contribution < 1.29 is 5.11 Å². The predicted molar refractivity (Wildman–Crippen MR) is 80.4 cm³/mol. The summed E-state index contributed by atoms with van der Waals surface area (Å²) >= 11 is 0. The molecule has 102 valence electrons. The number of allylic oxidation sites excluding steroid dienone is 1. The van der Waals surface area contributed by atoms with Crippen molar-refractivity contribution in [2.24, 2.45) is 11.3 Å². The molecule has 2 aliphatic rings. The van der Waals surface area contributed by atoms with E-state index in [4.69, 9.17) is 0 Å². The maximum Gasteiger partial charge on any atom is 0.118 e. The second-order valence-corrected chi connectivity index (χ2v) is 7.32. The zero-order valence-electron chi connectivity index (χ0n) is 12.5. The van der Waals surface area contributed by atoms with Crippen molar-refractivity contribution in [1.29, 1.82) is 0 Å². The van der Waals surface area contributed by atoms with Crippen LogP contribution in [-0.2, 0) is 5.41 Å².